The van der Waals surface area contributed by atoms with E-state index in [-0.39, 0.29) is 11.5 Å². The molecule has 0 saturated heterocycles. The molecule has 2 N–H and O–H groups in total. The Bertz CT molecular complexity index is 1530. The van der Waals surface area contributed by atoms with Crippen molar-refractivity contribution in [2.75, 3.05) is 22.9 Å². The molecular formula is C36H40N2O4-2. The zero-order chi connectivity index (χ0) is 30.3. The third-order valence-electron chi connectivity index (χ3n) is 8.74. The second kappa shape index (κ2) is 11.7. The summed E-state index contributed by atoms with van der Waals surface area (Å²) in [6.45, 7) is 13.9. The molecule has 2 atom stereocenters. The van der Waals surface area contributed by atoms with E-state index >= 15 is 0 Å². The maximum absolute atomic E-state index is 13.5. The van der Waals surface area contributed by atoms with Gasteiger partial charge in [-0.05, 0) is 99.9 Å². The molecule has 0 radical (unpaired) electrons. The average Bonchev–Trinajstić information content (AvgIpc) is 2.94. The number of nitrogens with zero attached hydrogens (tertiary/aromatic N) is 2. The van der Waals surface area contributed by atoms with Gasteiger partial charge in [0.1, 0.15) is 11.5 Å². The van der Waals surface area contributed by atoms with Gasteiger partial charge < -0.3 is 30.2 Å². The van der Waals surface area contributed by atoms with E-state index in [1.807, 2.05) is 26.0 Å². The minimum atomic E-state index is -1.27. The summed E-state index contributed by atoms with van der Waals surface area (Å²) in [5.74, 6) is -1.87. The van der Waals surface area contributed by atoms with Crippen LogP contribution in [0.3, 0.4) is 0 Å². The van der Waals surface area contributed by atoms with Gasteiger partial charge in [-0.1, -0.05) is 47.5 Å². The molecule has 0 spiro atoms. The highest BCUT2D eigenvalue weighted by molar-refractivity contribution is 5.81. The normalized spacial score (nSPS) is 19.8. The van der Waals surface area contributed by atoms with E-state index in [4.69, 9.17) is 0 Å². The first kappa shape index (κ1) is 29.5. The second-order valence-corrected chi connectivity index (χ2v) is 11.6. The van der Waals surface area contributed by atoms with Gasteiger partial charge in [-0.25, -0.2) is 0 Å². The van der Waals surface area contributed by atoms with Gasteiger partial charge in [0, 0.05) is 48.0 Å². The summed E-state index contributed by atoms with van der Waals surface area (Å²) < 4.78 is 0. The summed E-state index contributed by atoms with van der Waals surface area (Å²) in [6.07, 6.45) is -2.55. The van der Waals surface area contributed by atoms with Crippen LogP contribution in [0.5, 0.6) is 11.5 Å². The van der Waals surface area contributed by atoms with Crippen molar-refractivity contribution in [2.24, 2.45) is 0 Å². The Morgan fingerprint density at radius 3 is 1.43 bits per heavy atom. The SMILES string of the molecule is CCN(CC)c1ccc(C2C([O-])C(c3ccc(N(c4ccc(C)cc4C)c4ccc(C)cc4C)cc3O)C2[O-])c(O)c1. The van der Waals surface area contributed by atoms with Gasteiger partial charge in [-0.2, -0.15) is 0 Å². The van der Waals surface area contributed by atoms with Crippen LogP contribution in [0.1, 0.15) is 59.1 Å². The molecule has 0 amide bonds. The molecule has 0 aliphatic heterocycles. The molecule has 1 fully saturated rings. The van der Waals surface area contributed by atoms with Crippen LogP contribution >= 0.6 is 0 Å². The minimum Gasteiger partial charge on any atom is -0.851 e. The number of anilines is 4. The van der Waals surface area contributed by atoms with E-state index in [2.05, 4.69) is 73.9 Å². The maximum Gasteiger partial charge on any atom is 0.121 e. The third-order valence-corrected chi connectivity index (χ3v) is 8.74. The Hall–Kier alpha value is -4.00. The molecule has 4 aromatic carbocycles. The van der Waals surface area contributed by atoms with Crippen molar-refractivity contribution in [2.45, 2.75) is 65.6 Å². The van der Waals surface area contributed by atoms with Crippen molar-refractivity contribution in [3.8, 4) is 11.5 Å². The zero-order valence-electron chi connectivity index (χ0n) is 25.3. The summed E-state index contributed by atoms with van der Waals surface area (Å²) in [7, 11) is 0. The van der Waals surface area contributed by atoms with E-state index in [0.717, 1.165) is 58.1 Å². The molecule has 0 heterocycles. The Morgan fingerprint density at radius 1 is 0.595 bits per heavy atom. The zero-order valence-corrected chi connectivity index (χ0v) is 25.3. The fourth-order valence-electron chi connectivity index (χ4n) is 6.46. The lowest BCUT2D eigenvalue weighted by atomic mass is 9.63. The van der Waals surface area contributed by atoms with Crippen molar-refractivity contribution in [1.29, 1.82) is 0 Å². The van der Waals surface area contributed by atoms with Crippen molar-refractivity contribution in [1.82, 2.24) is 0 Å². The predicted molar refractivity (Wildman–Crippen MR) is 166 cm³/mol. The standard InChI is InChI=1S/C36H40N2O4/c1-7-37(8-2)25-11-13-27(31(39)19-25)33-35(41)34(36(33)42)28-14-12-26(20-32(28)40)38(29-15-9-21(3)17-23(29)5)30-16-10-22(4)18-24(30)6/h9-20,33-36,39-40H,7-8H2,1-6H3/q-2. The molecule has 42 heavy (non-hydrogen) atoms. The van der Waals surface area contributed by atoms with Crippen LogP contribution in [0, 0.1) is 27.7 Å². The molecule has 1 aliphatic carbocycles. The molecule has 0 aromatic heterocycles. The highest BCUT2D eigenvalue weighted by Crippen LogP contribution is 2.51. The van der Waals surface area contributed by atoms with Crippen LogP contribution in [-0.2, 0) is 0 Å². The Kier molecular flexibility index (Phi) is 8.22. The lowest BCUT2D eigenvalue weighted by molar-refractivity contribution is -0.536. The van der Waals surface area contributed by atoms with Gasteiger partial charge in [0.2, 0.25) is 0 Å². The van der Waals surface area contributed by atoms with Crippen LogP contribution in [0.2, 0.25) is 0 Å². The summed E-state index contributed by atoms with van der Waals surface area (Å²) in [5.41, 5.74) is 8.79. The smallest absolute Gasteiger partial charge is 0.121 e. The van der Waals surface area contributed by atoms with Gasteiger partial charge in [0.05, 0.1) is 0 Å². The molecule has 2 unspecified atom stereocenters. The maximum atomic E-state index is 13.5. The van der Waals surface area contributed by atoms with E-state index in [0.29, 0.717) is 11.1 Å². The number of hydrogen-bond acceptors (Lipinski definition) is 6. The second-order valence-electron chi connectivity index (χ2n) is 11.6. The van der Waals surface area contributed by atoms with E-state index in [9.17, 15) is 20.4 Å². The average molecular weight is 565 g/mol. The minimum absolute atomic E-state index is 0.0262. The molecule has 1 saturated carbocycles. The summed E-state index contributed by atoms with van der Waals surface area (Å²) >= 11 is 0. The predicted octanol–water partition coefficient (Wildman–Crippen LogP) is 5.99. The van der Waals surface area contributed by atoms with Crippen LogP contribution < -0.4 is 20.0 Å². The first-order valence-corrected chi connectivity index (χ1v) is 14.7. The van der Waals surface area contributed by atoms with Gasteiger partial charge in [0.15, 0.2) is 0 Å². The third kappa shape index (κ3) is 5.21. The van der Waals surface area contributed by atoms with Crippen LogP contribution in [0.25, 0.3) is 0 Å². The lowest BCUT2D eigenvalue weighted by Crippen LogP contribution is -2.63. The molecule has 1 aliphatic rings. The van der Waals surface area contributed by atoms with Crippen LogP contribution in [0.4, 0.5) is 22.7 Å². The number of rotatable bonds is 8. The number of benzene rings is 4. The number of aryl methyl sites for hydroxylation is 4. The van der Waals surface area contributed by atoms with Crippen LogP contribution in [-0.4, -0.2) is 35.5 Å². The first-order chi connectivity index (χ1) is 20.0. The van der Waals surface area contributed by atoms with Crippen LogP contribution in [0.15, 0.2) is 72.8 Å². The first-order valence-electron chi connectivity index (χ1n) is 14.7. The van der Waals surface area contributed by atoms with Crippen molar-refractivity contribution < 1.29 is 20.4 Å². The number of phenols is 2. The van der Waals surface area contributed by atoms with Crippen molar-refractivity contribution in [3.05, 3.63) is 106 Å². The van der Waals surface area contributed by atoms with Gasteiger partial charge in [0.25, 0.3) is 0 Å². The highest BCUT2D eigenvalue weighted by atomic mass is 16.3. The van der Waals surface area contributed by atoms with Gasteiger partial charge in [-0.3, -0.25) is 0 Å². The molecule has 4 aromatic rings. The molecule has 6 nitrogen and oxygen atoms in total. The largest absolute Gasteiger partial charge is 0.851 e. The quantitative estimate of drug-likeness (QED) is 0.273. The van der Waals surface area contributed by atoms with Gasteiger partial charge in [-0.15, -0.1) is 12.2 Å². The molecule has 220 valence electrons. The Labute approximate surface area is 249 Å². The number of phenolic OH excluding ortho intramolecular Hbond substituents is 2. The lowest BCUT2D eigenvalue weighted by Gasteiger charge is -2.61. The topological polar surface area (TPSA) is 93.1 Å². The highest BCUT2D eigenvalue weighted by Gasteiger charge is 2.41. The number of aromatic hydroxyl groups is 2. The summed E-state index contributed by atoms with van der Waals surface area (Å²) in [5, 5.41) is 48.9. The Balaban J connectivity index is 1.47. The summed E-state index contributed by atoms with van der Waals surface area (Å²) in [6, 6.07) is 23.0. The fraction of sp³-hybridized carbons (Fsp3) is 0.333. The molecule has 6 heteroatoms. The molecule has 5 rings (SSSR count). The molecular weight excluding hydrogens is 524 g/mol. The summed E-state index contributed by atoms with van der Waals surface area (Å²) in [4.78, 5) is 4.20. The Morgan fingerprint density at radius 2 is 1.02 bits per heavy atom. The van der Waals surface area contributed by atoms with Gasteiger partial charge >= 0.3 is 0 Å². The van der Waals surface area contributed by atoms with Crippen molar-refractivity contribution in [3.63, 3.8) is 0 Å². The van der Waals surface area contributed by atoms with E-state index in [1.165, 1.54) is 0 Å². The molecule has 0 bridgehead atoms. The monoisotopic (exact) mass is 564 g/mol. The fourth-order valence-corrected chi connectivity index (χ4v) is 6.46. The van der Waals surface area contributed by atoms with E-state index < -0.39 is 24.0 Å². The number of hydrogen-bond donors (Lipinski definition) is 2. The van der Waals surface area contributed by atoms with E-state index in [1.54, 1.807) is 24.3 Å². The van der Waals surface area contributed by atoms with Crippen molar-refractivity contribution >= 4 is 22.7 Å².